The van der Waals surface area contributed by atoms with E-state index >= 15 is 0 Å². The zero-order valence-electron chi connectivity index (χ0n) is 13.9. The molecule has 25 heavy (non-hydrogen) atoms. The van der Waals surface area contributed by atoms with E-state index in [0.717, 1.165) is 22.3 Å². The van der Waals surface area contributed by atoms with Crippen LogP contribution in [-0.4, -0.2) is 5.91 Å². The number of hydrogen-bond acceptors (Lipinski definition) is 1. The molecule has 3 heteroatoms. The maximum atomic E-state index is 13.3. The van der Waals surface area contributed by atoms with Gasteiger partial charge >= 0.3 is 0 Å². The summed E-state index contributed by atoms with van der Waals surface area (Å²) in [5.74, 6) is -1.00. The SMILES string of the molecule is NC(=O)C(CCc1cccc(F)c1)c1ccc(-c2ccccc2)cc1. The third-order valence-corrected chi connectivity index (χ3v) is 4.37. The number of aryl methyl sites for hydroxylation is 1. The zero-order chi connectivity index (χ0) is 17.6. The fraction of sp³-hybridized carbons (Fsp3) is 0.136. The minimum Gasteiger partial charge on any atom is -0.369 e. The Bertz CT molecular complexity index is 843. The van der Waals surface area contributed by atoms with E-state index in [0.29, 0.717) is 12.8 Å². The first-order chi connectivity index (χ1) is 12.1. The molecule has 3 rings (SSSR count). The lowest BCUT2D eigenvalue weighted by Crippen LogP contribution is -2.22. The number of rotatable bonds is 6. The Labute approximate surface area is 147 Å². The smallest absolute Gasteiger partial charge is 0.224 e. The van der Waals surface area contributed by atoms with Crippen molar-refractivity contribution in [2.24, 2.45) is 5.73 Å². The monoisotopic (exact) mass is 333 g/mol. The lowest BCUT2D eigenvalue weighted by molar-refractivity contribution is -0.119. The molecule has 1 unspecified atom stereocenters. The van der Waals surface area contributed by atoms with Gasteiger partial charge in [-0.1, -0.05) is 66.7 Å². The second kappa shape index (κ2) is 7.75. The topological polar surface area (TPSA) is 43.1 Å². The zero-order valence-corrected chi connectivity index (χ0v) is 13.9. The normalized spacial score (nSPS) is 11.9. The fourth-order valence-corrected chi connectivity index (χ4v) is 3.02. The van der Waals surface area contributed by atoms with Crippen molar-refractivity contribution in [3.8, 4) is 11.1 Å². The summed E-state index contributed by atoms with van der Waals surface area (Å²) in [7, 11) is 0. The molecule has 0 radical (unpaired) electrons. The van der Waals surface area contributed by atoms with E-state index in [1.807, 2.05) is 60.7 Å². The van der Waals surface area contributed by atoms with Crippen molar-refractivity contribution in [3.63, 3.8) is 0 Å². The first-order valence-electron chi connectivity index (χ1n) is 8.32. The average molecular weight is 333 g/mol. The summed E-state index contributed by atoms with van der Waals surface area (Å²) in [6, 6.07) is 24.4. The highest BCUT2D eigenvalue weighted by Gasteiger charge is 2.18. The van der Waals surface area contributed by atoms with E-state index in [2.05, 4.69) is 0 Å². The van der Waals surface area contributed by atoms with Crippen LogP contribution >= 0.6 is 0 Å². The molecule has 0 fully saturated rings. The standard InChI is InChI=1S/C22H20FNO/c23-20-8-4-5-16(15-20)9-14-21(22(24)25)19-12-10-18(11-13-19)17-6-2-1-3-7-17/h1-8,10-13,15,21H,9,14H2,(H2,24,25). The number of primary amides is 1. The van der Waals surface area contributed by atoms with Crippen molar-refractivity contribution in [1.29, 1.82) is 0 Å². The molecular formula is C22H20FNO. The summed E-state index contributed by atoms with van der Waals surface area (Å²) in [5, 5.41) is 0. The highest BCUT2D eigenvalue weighted by Crippen LogP contribution is 2.25. The first-order valence-corrected chi connectivity index (χ1v) is 8.32. The lowest BCUT2D eigenvalue weighted by atomic mass is 9.90. The van der Waals surface area contributed by atoms with Gasteiger partial charge in [0.15, 0.2) is 0 Å². The maximum absolute atomic E-state index is 13.3. The van der Waals surface area contributed by atoms with Crippen LogP contribution < -0.4 is 5.73 Å². The van der Waals surface area contributed by atoms with E-state index in [-0.39, 0.29) is 17.6 Å². The first kappa shape index (κ1) is 16.9. The Kier molecular flexibility index (Phi) is 5.24. The fourth-order valence-electron chi connectivity index (χ4n) is 3.02. The van der Waals surface area contributed by atoms with Gasteiger partial charge in [0.1, 0.15) is 5.82 Å². The van der Waals surface area contributed by atoms with Gasteiger partial charge in [-0.25, -0.2) is 4.39 Å². The van der Waals surface area contributed by atoms with Crippen molar-refractivity contribution in [2.75, 3.05) is 0 Å². The van der Waals surface area contributed by atoms with Crippen molar-refractivity contribution >= 4 is 5.91 Å². The summed E-state index contributed by atoms with van der Waals surface area (Å²) in [6.45, 7) is 0. The van der Waals surface area contributed by atoms with Crippen LogP contribution in [0, 0.1) is 5.82 Å². The van der Waals surface area contributed by atoms with Gasteiger partial charge in [-0.05, 0) is 47.2 Å². The predicted octanol–water partition coefficient (Wildman–Crippen LogP) is 4.69. The number of carbonyl (C=O) groups is 1. The Morgan fingerprint density at radius 1 is 0.880 bits per heavy atom. The number of nitrogens with two attached hydrogens (primary N) is 1. The molecule has 3 aromatic carbocycles. The molecule has 0 saturated carbocycles. The molecule has 0 aliphatic carbocycles. The summed E-state index contributed by atoms with van der Waals surface area (Å²) in [4.78, 5) is 11.9. The van der Waals surface area contributed by atoms with Crippen molar-refractivity contribution < 1.29 is 9.18 Å². The van der Waals surface area contributed by atoms with Crippen LogP contribution in [0.4, 0.5) is 4.39 Å². The molecule has 0 spiro atoms. The molecule has 0 saturated heterocycles. The van der Waals surface area contributed by atoms with Crippen molar-refractivity contribution in [3.05, 3.63) is 95.8 Å². The number of halogens is 1. The molecular weight excluding hydrogens is 313 g/mol. The number of carbonyl (C=O) groups excluding carboxylic acids is 1. The molecule has 1 amide bonds. The molecule has 2 N–H and O–H groups in total. The van der Waals surface area contributed by atoms with E-state index in [1.165, 1.54) is 12.1 Å². The van der Waals surface area contributed by atoms with E-state index in [9.17, 15) is 9.18 Å². The van der Waals surface area contributed by atoms with E-state index in [1.54, 1.807) is 6.07 Å². The second-order valence-corrected chi connectivity index (χ2v) is 6.11. The molecule has 0 aromatic heterocycles. The lowest BCUT2D eigenvalue weighted by Gasteiger charge is -2.14. The predicted molar refractivity (Wildman–Crippen MR) is 98.5 cm³/mol. The van der Waals surface area contributed by atoms with Crippen LogP contribution in [0.15, 0.2) is 78.9 Å². The third kappa shape index (κ3) is 4.32. The van der Waals surface area contributed by atoms with Gasteiger partial charge in [0.25, 0.3) is 0 Å². The third-order valence-electron chi connectivity index (χ3n) is 4.37. The Morgan fingerprint density at radius 2 is 1.56 bits per heavy atom. The minimum absolute atomic E-state index is 0.264. The van der Waals surface area contributed by atoms with Crippen LogP contribution in [0.5, 0.6) is 0 Å². The summed E-state index contributed by atoms with van der Waals surface area (Å²) < 4.78 is 13.3. The summed E-state index contributed by atoms with van der Waals surface area (Å²) >= 11 is 0. The second-order valence-electron chi connectivity index (χ2n) is 6.11. The number of hydrogen-bond donors (Lipinski definition) is 1. The van der Waals surface area contributed by atoms with Crippen LogP contribution in [0.2, 0.25) is 0 Å². The average Bonchev–Trinajstić information content (AvgIpc) is 2.63. The summed E-state index contributed by atoms with van der Waals surface area (Å²) in [6.07, 6.45) is 1.16. The molecule has 0 heterocycles. The van der Waals surface area contributed by atoms with Crippen LogP contribution in [0.3, 0.4) is 0 Å². The number of amides is 1. The van der Waals surface area contributed by atoms with Crippen LogP contribution in [0.1, 0.15) is 23.5 Å². The molecule has 2 nitrogen and oxygen atoms in total. The molecule has 0 aliphatic rings. The van der Waals surface area contributed by atoms with Gasteiger partial charge in [-0.3, -0.25) is 4.79 Å². The quantitative estimate of drug-likeness (QED) is 0.698. The van der Waals surface area contributed by atoms with Gasteiger partial charge in [-0.2, -0.15) is 0 Å². The highest BCUT2D eigenvalue weighted by molar-refractivity contribution is 5.82. The maximum Gasteiger partial charge on any atom is 0.224 e. The van der Waals surface area contributed by atoms with Crippen LogP contribution in [-0.2, 0) is 11.2 Å². The van der Waals surface area contributed by atoms with Crippen molar-refractivity contribution in [1.82, 2.24) is 0 Å². The Morgan fingerprint density at radius 3 is 2.20 bits per heavy atom. The van der Waals surface area contributed by atoms with Crippen LogP contribution in [0.25, 0.3) is 11.1 Å². The van der Waals surface area contributed by atoms with Gasteiger partial charge in [-0.15, -0.1) is 0 Å². The van der Waals surface area contributed by atoms with E-state index < -0.39 is 0 Å². The number of benzene rings is 3. The Hall–Kier alpha value is -2.94. The van der Waals surface area contributed by atoms with Gasteiger partial charge < -0.3 is 5.73 Å². The van der Waals surface area contributed by atoms with Gasteiger partial charge in [0.2, 0.25) is 5.91 Å². The molecule has 0 aliphatic heterocycles. The van der Waals surface area contributed by atoms with Gasteiger partial charge in [0.05, 0.1) is 5.92 Å². The van der Waals surface area contributed by atoms with E-state index in [4.69, 9.17) is 5.73 Å². The Balaban J connectivity index is 1.75. The van der Waals surface area contributed by atoms with Crippen molar-refractivity contribution in [2.45, 2.75) is 18.8 Å². The van der Waals surface area contributed by atoms with Gasteiger partial charge in [0, 0.05) is 0 Å². The largest absolute Gasteiger partial charge is 0.369 e. The minimum atomic E-state index is -0.381. The molecule has 126 valence electrons. The summed E-state index contributed by atoms with van der Waals surface area (Å²) in [5.41, 5.74) is 9.58. The molecule has 0 bridgehead atoms. The highest BCUT2D eigenvalue weighted by atomic mass is 19.1. The molecule has 3 aromatic rings. The molecule has 1 atom stereocenters.